The van der Waals surface area contributed by atoms with E-state index in [2.05, 4.69) is 43.7 Å². The van der Waals surface area contributed by atoms with Gasteiger partial charge in [0.15, 0.2) is 0 Å². The van der Waals surface area contributed by atoms with Crippen molar-refractivity contribution in [2.24, 2.45) is 28.6 Å². The van der Waals surface area contributed by atoms with Gasteiger partial charge in [-0.2, -0.15) is 0 Å². The lowest BCUT2D eigenvalue weighted by molar-refractivity contribution is -0.147. The molecule has 1 saturated heterocycles. The number of piperidine rings is 1. The summed E-state index contributed by atoms with van der Waals surface area (Å²) < 4.78 is 0. The molecule has 0 bridgehead atoms. The van der Waals surface area contributed by atoms with Crippen LogP contribution in [-0.2, 0) is 24.0 Å². The zero-order valence-electron chi connectivity index (χ0n) is 29.8. The van der Waals surface area contributed by atoms with Crippen molar-refractivity contribution in [3.8, 4) is 12.3 Å². The van der Waals surface area contributed by atoms with E-state index in [-0.39, 0.29) is 54.8 Å². The van der Waals surface area contributed by atoms with E-state index >= 15 is 0 Å². The molecule has 2 aliphatic carbocycles. The van der Waals surface area contributed by atoms with E-state index < -0.39 is 64.9 Å². The summed E-state index contributed by atoms with van der Waals surface area (Å²) in [5, 5.41) is 11.0. The number of hydrogen-bond acceptors (Lipinski definition) is 8. The minimum Gasteiger partial charge on any atom is -0.346 e. The fourth-order valence-corrected chi connectivity index (χ4v) is 7.52. The van der Waals surface area contributed by atoms with Gasteiger partial charge in [0.1, 0.15) is 23.8 Å². The molecule has 0 spiro atoms. The molecule has 2 saturated carbocycles. The molecule has 2 heterocycles. The van der Waals surface area contributed by atoms with Crippen LogP contribution in [0, 0.1) is 40.9 Å². The van der Waals surface area contributed by atoms with Crippen LogP contribution in [0.4, 0.5) is 0 Å². The Bertz CT molecular complexity index is 1510. The van der Waals surface area contributed by atoms with Crippen LogP contribution >= 0.6 is 0 Å². The monoisotopic (exact) mass is 689 g/mol. The number of nitrogens with zero attached hydrogens (tertiary/aromatic N) is 3. The predicted octanol–water partition coefficient (Wildman–Crippen LogP) is 1.94. The van der Waals surface area contributed by atoms with Crippen molar-refractivity contribution >= 4 is 35.3 Å². The molecule has 4 N–H and O–H groups in total. The molecule has 50 heavy (non-hydrogen) atoms. The normalized spacial score (nSPS) is 22.8. The summed E-state index contributed by atoms with van der Waals surface area (Å²) in [6, 6.07) is -4.09. The van der Waals surface area contributed by atoms with Crippen LogP contribution in [0.3, 0.4) is 0 Å². The van der Waals surface area contributed by atoms with Crippen LogP contribution in [0.2, 0.25) is 0 Å². The quantitative estimate of drug-likeness (QED) is 0.130. The standard InChI is InChI=1S/C37H51N7O6/c1-8-10-16-24(29(45)34(49)40-17-9-2)41-33(48)28-26-23(37(26,6)7)21-44(28)35(50)30(36(3,4)5)43-32(47)27(22-14-12-11-13-15-22)42-31(46)25-20-38-18-19-39-25/h1,9,18-20,22-24,26-28,30H,2,10-17,21H2,3-7H3,(H,40,49)(H,41,48)(H,42,46)(H,43,47)/t23?,24?,26-,27-,28-,30+/m0/s1. The number of likely N-dealkylation sites (tertiary alicyclic amines) is 1. The first kappa shape index (κ1) is 38.2. The largest absolute Gasteiger partial charge is 0.346 e. The highest BCUT2D eigenvalue weighted by atomic mass is 16.2. The predicted molar refractivity (Wildman–Crippen MR) is 186 cm³/mol. The lowest BCUT2D eigenvalue weighted by atomic mass is 9.82. The highest BCUT2D eigenvalue weighted by Gasteiger charge is 2.70. The maximum atomic E-state index is 14.5. The Morgan fingerprint density at radius 1 is 1.08 bits per heavy atom. The summed E-state index contributed by atoms with van der Waals surface area (Å²) in [5.41, 5.74) is -0.943. The Hall–Kier alpha value is -4.60. The topological polar surface area (TPSA) is 180 Å². The number of aromatic nitrogens is 2. The lowest BCUT2D eigenvalue weighted by Gasteiger charge is -2.39. The fraction of sp³-hybridized carbons (Fsp3) is 0.622. The van der Waals surface area contributed by atoms with Crippen molar-refractivity contribution in [2.45, 2.75) is 104 Å². The summed E-state index contributed by atoms with van der Waals surface area (Å²) in [4.78, 5) is 91.0. The number of hydrogen-bond donors (Lipinski definition) is 4. The van der Waals surface area contributed by atoms with Crippen LogP contribution in [0.25, 0.3) is 0 Å². The molecule has 1 aromatic heterocycles. The zero-order valence-corrected chi connectivity index (χ0v) is 29.8. The highest BCUT2D eigenvalue weighted by Crippen LogP contribution is 2.65. The summed E-state index contributed by atoms with van der Waals surface area (Å²) in [6.45, 7) is 13.5. The number of ketones is 1. The summed E-state index contributed by atoms with van der Waals surface area (Å²) in [6.07, 6.45) is 15.6. The number of fused-ring (bicyclic) bond motifs is 1. The van der Waals surface area contributed by atoms with Crippen LogP contribution in [0.1, 0.15) is 90.1 Å². The van der Waals surface area contributed by atoms with Gasteiger partial charge in [0.05, 0.1) is 12.2 Å². The van der Waals surface area contributed by atoms with E-state index in [9.17, 15) is 28.8 Å². The number of carbonyl (C=O) groups excluding carboxylic acids is 6. The van der Waals surface area contributed by atoms with E-state index in [1.807, 2.05) is 34.6 Å². The number of rotatable bonds is 14. The van der Waals surface area contributed by atoms with Crippen LogP contribution in [0.15, 0.2) is 31.2 Å². The SMILES string of the molecule is C#CCCC(NC(=O)[C@@H]1[C@@H]2C(CN1C(=O)[C@@H](NC(=O)[C@@H](NC(=O)c1cnccn1)C1CCCCC1)C(C)(C)C)C2(C)C)C(=O)C(=O)NCC=C. The number of carbonyl (C=O) groups is 6. The first-order valence-electron chi connectivity index (χ1n) is 17.5. The van der Waals surface area contributed by atoms with Crippen molar-refractivity contribution < 1.29 is 28.8 Å². The van der Waals surface area contributed by atoms with Gasteiger partial charge >= 0.3 is 0 Å². The van der Waals surface area contributed by atoms with Gasteiger partial charge < -0.3 is 26.2 Å². The molecule has 0 radical (unpaired) electrons. The molecule has 2 unspecified atom stereocenters. The minimum atomic E-state index is -1.19. The third-order valence-corrected chi connectivity index (χ3v) is 10.5. The van der Waals surface area contributed by atoms with Crippen molar-refractivity contribution in [3.63, 3.8) is 0 Å². The molecular weight excluding hydrogens is 638 g/mol. The van der Waals surface area contributed by atoms with Crippen molar-refractivity contribution in [3.05, 3.63) is 36.9 Å². The molecule has 6 atom stereocenters. The smallest absolute Gasteiger partial charge is 0.289 e. The molecule has 3 fully saturated rings. The second kappa shape index (κ2) is 16.0. The Morgan fingerprint density at radius 2 is 1.78 bits per heavy atom. The molecule has 5 amide bonds. The maximum Gasteiger partial charge on any atom is 0.289 e. The van der Waals surface area contributed by atoms with Gasteiger partial charge in [-0.05, 0) is 47.8 Å². The second-order valence-corrected chi connectivity index (χ2v) is 15.3. The van der Waals surface area contributed by atoms with Crippen molar-refractivity contribution in [1.82, 2.24) is 36.1 Å². The van der Waals surface area contributed by atoms with Gasteiger partial charge in [0, 0.05) is 31.9 Å². The lowest BCUT2D eigenvalue weighted by Crippen LogP contribution is -2.62. The minimum absolute atomic E-state index is 0.0236. The number of amides is 5. The van der Waals surface area contributed by atoms with Crippen LogP contribution in [-0.4, -0.2) is 87.4 Å². The third kappa shape index (κ3) is 8.57. The average Bonchev–Trinajstić information content (AvgIpc) is 3.39. The number of Topliss-reactive ketones (excluding diaryl/α,β-unsaturated/α-hetero) is 1. The first-order valence-corrected chi connectivity index (χ1v) is 17.5. The summed E-state index contributed by atoms with van der Waals surface area (Å²) in [7, 11) is 0. The third-order valence-electron chi connectivity index (χ3n) is 10.5. The van der Waals surface area contributed by atoms with Gasteiger partial charge in [0.25, 0.3) is 11.8 Å². The molecule has 270 valence electrons. The van der Waals surface area contributed by atoms with E-state index in [0.29, 0.717) is 0 Å². The first-order chi connectivity index (χ1) is 23.6. The molecule has 4 rings (SSSR count). The maximum absolute atomic E-state index is 14.5. The van der Waals surface area contributed by atoms with Crippen molar-refractivity contribution in [1.29, 1.82) is 0 Å². The van der Waals surface area contributed by atoms with Gasteiger partial charge in [-0.1, -0.05) is 60.0 Å². The Balaban J connectivity index is 1.58. The van der Waals surface area contributed by atoms with Gasteiger partial charge in [0.2, 0.25) is 23.5 Å². The van der Waals surface area contributed by atoms with E-state index in [0.717, 1.165) is 32.1 Å². The molecule has 1 aliphatic heterocycles. The molecule has 13 nitrogen and oxygen atoms in total. The molecule has 1 aromatic rings. The Morgan fingerprint density at radius 3 is 2.38 bits per heavy atom. The molecule has 3 aliphatic rings. The van der Waals surface area contributed by atoms with E-state index in [4.69, 9.17) is 6.42 Å². The van der Waals surface area contributed by atoms with Crippen LogP contribution in [0.5, 0.6) is 0 Å². The number of terminal acetylenes is 1. The Labute approximate surface area is 294 Å². The van der Waals surface area contributed by atoms with Gasteiger partial charge in [-0.3, -0.25) is 33.8 Å². The Kier molecular flexibility index (Phi) is 12.2. The summed E-state index contributed by atoms with van der Waals surface area (Å²) in [5.74, 6) is -1.58. The highest BCUT2D eigenvalue weighted by molar-refractivity contribution is 6.38. The van der Waals surface area contributed by atoms with E-state index in [1.165, 1.54) is 29.6 Å². The fourth-order valence-electron chi connectivity index (χ4n) is 7.52. The average molecular weight is 690 g/mol. The van der Waals surface area contributed by atoms with Gasteiger partial charge in [-0.15, -0.1) is 18.9 Å². The van der Waals surface area contributed by atoms with Gasteiger partial charge in [-0.25, -0.2) is 4.98 Å². The van der Waals surface area contributed by atoms with Crippen LogP contribution < -0.4 is 21.3 Å². The zero-order chi connectivity index (χ0) is 36.8. The molecule has 13 heteroatoms. The molecule has 0 aromatic carbocycles. The summed E-state index contributed by atoms with van der Waals surface area (Å²) >= 11 is 0. The second-order valence-electron chi connectivity index (χ2n) is 15.3. The van der Waals surface area contributed by atoms with E-state index in [1.54, 1.807) is 0 Å². The number of nitrogens with one attached hydrogen (secondary N) is 4. The molecular formula is C37H51N7O6. The van der Waals surface area contributed by atoms with Crippen molar-refractivity contribution in [2.75, 3.05) is 13.1 Å².